The van der Waals surface area contributed by atoms with Crippen molar-refractivity contribution in [2.45, 2.75) is 0 Å². The van der Waals surface area contributed by atoms with Gasteiger partial charge in [0.2, 0.25) is 0 Å². The number of carboxylic acid groups (broad SMARTS) is 1. The quantitative estimate of drug-likeness (QED) is 0.369. The Kier molecular flexibility index (Phi) is 3.77. The predicted octanol–water partition coefficient (Wildman–Crippen LogP) is 1.54. The van der Waals surface area contributed by atoms with E-state index in [1.807, 2.05) is 0 Å². The molecule has 0 atom stereocenters. The van der Waals surface area contributed by atoms with Crippen LogP contribution in [0.4, 0.5) is 5.82 Å². The maximum absolute atomic E-state index is 12.5. The molecule has 0 radical (unpaired) electrons. The fraction of sp³-hybridized carbons (Fsp3) is 0. The maximum Gasteiger partial charge on any atom is 0.335 e. The molecule has 2 aromatic heterocycles. The molecule has 2 amide bonds. The number of hydrogen-bond donors (Lipinski definition) is 4. The number of amides is 2. The third kappa shape index (κ3) is 2.77. The van der Waals surface area contributed by atoms with Gasteiger partial charge in [0.05, 0.1) is 33.4 Å². The number of benzene rings is 2. The SMILES string of the molecule is Nc1c2c(cc(=O)n1-c1ccc(-c3nc4ccc(C(=O)O)cc4[nH]3)cc1)C(=O)NC2=O. The summed E-state index contributed by atoms with van der Waals surface area (Å²) < 4.78 is 1.15. The van der Waals surface area contributed by atoms with Gasteiger partial charge in [-0.15, -0.1) is 0 Å². The molecule has 5 N–H and O–H groups in total. The van der Waals surface area contributed by atoms with Crippen molar-refractivity contribution in [2.24, 2.45) is 0 Å². The number of aromatic carboxylic acids is 1. The van der Waals surface area contributed by atoms with Gasteiger partial charge in [0.1, 0.15) is 11.6 Å². The van der Waals surface area contributed by atoms with E-state index in [4.69, 9.17) is 10.8 Å². The summed E-state index contributed by atoms with van der Waals surface area (Å²) in [5.74, 6) is -1.94. The maximum atomic E-state index is 12.5. The molecule has 0 aliphatic carbocycles. The van der Waals surface area contributed by atoms with Gasteiger partial charge in [0, 0.05) is 11.6 Å². The van der Waals surface area contributed by atoms with Gasteiger partial charge in [-0.05, 0) is 42.5 Å². The highest BCUT2D eigenvalue weighted by atomic mass is 16.4. The molecular weight excluding hydrogens is 402 g/mol. The van der Waals surface area contributed by atoms with Crippen molar-refractivity contribution in [3.63, 3.8) is 0 Å². The van der Waals surface area contributed by atoms with Gasteiger partial charge in [-0.1, -0.05) is 0 Å². The predicted molar refractivity (Wildman–Crippen MR) is 110 cm³/mol. The number of aromatic amines is 1. The Balaban J connectivity index is 1.56. The lowest BCUT2D eigenvalue weighted by Gasteiger charge is -2.12. The van der Waals surface area contributed by atoms with Gasteiger partial charge < -0.3 is 15.8 Å². The van der Waals surface area contributed by atoms with E-state index in [0.29, 0.717) is 28.1 Å². The lowest BCUT2D eigenvalue weighted by Crippen LogP contribution is -2.24. The largest absolute Gasteiger partial charge is 0.478 e. The summed E-state index contributed by atoms with van der Waals surface area (Å²) in [5, 5.41) is 11.2. The second kappa shape index (κ2) is 6.39. The van der Waals surface area contributed by atoms with Crippen molar-refractivity contribution in [2.75, 3.05) is 5.73 Å². The smallest absolute Gasteiger partial charge is 0.335 e. The third-order valence-corrected chi connectivity index (χ3v) is 5.08. The lowest BCUT2D eigenvalue weighted by atomic mass is 10.1. The second-order valence-electron chi connectivity index (χ2n) is 6.94. The van der Waals surface area contributed by atoms with Crippen LogP contribution >= 0.6 is 0 Å². The summed E-state index contributed by atoms with van der Waals surface area (Å²) in [7, 11) is 0. The zero-order valence-electron chi connectivity index (χ0n) is 15.7. The molecular formula is C21H13N5O5. The monoisotopic (exact) mass is 415 g/mol. The Hall–Kier alpha value is -4.73. The van der Waals surface area contributed by atoms with Crippen LogP contribution in [0.2, 0.25) is 0 Å². The van der Waals surface area contributed by atoms with Gasteiger partial charge in [0.25, 0.3) is 17.4 Å². The first-order chi connectivity index (χ1) is 14.8. The van der Waals surface area contributed by atoms with Gasteiger partial charge in [-0.3, -0.25) is 24.3 Å². The molecule has 0 unspecified atom stereocenters. The van der Waals surface area contributed by atoms with Gasteiger partial charge >= 0.3 is 5.97 Å². The van der Waals surface area contributed by atoms with Crippen molar-refractivity contribution < 1.29 is 19.5 Å². The van der Waals surface area contributed by atoms with Crippen LogP contribution in [0.25, 0.3) is 28.1 Å². The Labute approximate surface area is 173 Å². The van der Waals surface area contributed by atoms with E-state index in [2.05, 4.69) is 15.3 Å². The molecule has 0 saturated heterocycles. The highest BCUT2D eigenvalue weighted by Crippen LogP contribution is 2.25. The van der Waals surface area contributed by atoms with Crippen LogP contribution in [-0.4, -0.2) is 37.4 Å². The number of anilines is 1. The number of rotatable bonds is 3. The first kappa shape index (κ1) is 18.3. The Morgan fingerprint density at radius 3 is 2.45 bits per heavy atom. The summed E-state index contributed by atoms with van der Waals surface area (Å²) in [6.45, 7) is 0. The Morgan fingerprint density at radius 1 is 1.00 bits per heavy atom. The average molecular weight is 415 g/mol. The van der Waals surface area contributed by atoms with Crippen molar-refractivity contribution >= 4 is 34.6 Å². The van der Waals surface area contributed by atoms with Crippen LogP contribution < -0.4 is 16.6 Å². The van der Waals surface area contributed by atoms with Gasteiger partial charge in [-0.2, -0.15) is 0 Å². The fourth-order valence-corrected chi connectivity index (χ4v) is 3.59. The summed E-state index contributed by atoms with van der Waals surface area (Å²) in [5.41, 5.74) is 7.87. The number of fused-ring (bicyclic) bond motifs is 2. The van der Waals surface area contributed by atoms with Gasteiger partial charge in [0.15, 0.2) is 0 Å². The highest BCUT2D eigenvalue weighted by molar-refractivity contribution is 6.23. The van der Waals surface area contributed by atoms with E-state index in [9.17, 15) is 19.2 Å². The van der Waals surface area contributed by atoms with Crippen LogP contribution in [-0.2, 0) is 0 Å². The number of nitrogens with zero attached hydrogens (tertiary/aromatic N) is 2. The molecule has 10 heteroatoms. The molecule has 4 aromatic rings. The Bertz CT molecular complexity index is 1500. The van der Waals surface area contributed by atoms with E-state index in [-0.39, 0.29) is 22.5 Å². The fourth-order valence-electron chi connectivity index (χ4n) is 3.59. The van der Waals surface area contributed by atoms with E-state index >= 15 is 0 Å². The molecule has 10 nitrogen and oxygen atoms in total. The number of nitrogen functional groups attached to an aromatic ring is 1. The number of carbonyl (C=O) groups excluding carboxylic acids is 2. The summed E-state index contributed by atoms with van der Waals surface area (Å²) in [4.78, 5) is 55.0. The Morgan fingerprint density at radius 2 is 1.74 bits per heavy atom. The number of imidazole rings is 1. The molecule has 31 heavy (non-hydrogen) atoms. The number of H-pyrrole nitrogens is 1. The van der Waals surface area contributed by atoms with E-state index in [1.165, 1.54) is 12.1 Å². The number of hydrogen-bond acceptors (Lipinski definition) is 6. The van der Waals surface area contributed by atoms with Crippen molar-refractivity contribution in [1.82, 2.24) is 19.9 Å². The average Bonchev–Trinajstić information content (AvgIpc) is 3.28. The molecule has 3 heterocycles. The number of nitrogens with two attached hydrogens (primary N) is 1. The summed E-state index contributed by atoms with van der Waals surface area (Å²) >= 11 is 0. The zero-order chi connectivity index (χ0) is 21.9. The van der Waals surface area contributed by atoms with Crippen molar-refractivity contribution in [3.8, 4) is 17.1 Å². The molecule has 0 spiro atoms. The minimum Gasteiger partial charge on any atom is -0.478 e. The summed E-state index contributed by atoms with van der Waals surface area (Å²) in [6.07, 6.45) is 0. The number of nitrogens with one attached hydrogen (secondary N) is 2. The van der Waals surface area contributed by atoms with Gasteiger partial charge in [-0.25, -0.2) is 9.78 Å². The van der Waals surface area contributed by atoms with Crippen molar-refractivity contribution in [3.05, 3.63) is 75.6 Å². The second-order valence-corrected chi connectivity index (χ2v) is 6.94. The molecule has 5 rings (SSSR count). The lowest BCUT2D eigenvalue weighted by molar-refractivity contribution is 0.0696. The normalized spacial score (nSPS) is 12.8. The standard InChI is InChI=1S/C21H13N5O5/c22-17-16-12(19(28)25-20(16)29)8-15(27)26(17)11-4-1-9(2-5-11)18-23-13-6-3-10(21(30)31)7-14(13)24-18/h1-8H,22H2,(H,23,24)(H,30,31)(H,25,28,29). The molecule has 0 saturated carbocycles. The van der Waals surface area contributed by atoms with Crippen molar-refractivity contribution in [1.29, 1.82) is 0 Å². The first-order valence-corrected chi connectivity index (χ1v) is 9.08. The summed E-state index contributed by atoms with van der Waals surface area (Å²) in [6, 6.07) is 12.3. The topological polar surface area (TPSA) is 160 Å². The molecule has 152 valence electrons. The number of carboxylic acids is 1. The van der Waals surface area contributed by atoms with E-state index in [0.717, 1.165) is 10.6 Å². The van der Waals surface area contributed by atoms with Crippen LogP contribution in [0.5, 0.6) is 0 Å². The van der Waals surface area contributed by atoms with Crippen LogP contribution in [0, 0.1) is 0 Å². The zero-order valence-corrected chi connectivity index (χ0v) is 15.7. The molecule has 0 bridgehead atoms. The van der Waals surface area contributed by atoms with E-state index < -0.39 is 23.3 Å². The first-order valence-electron chi connectivity index (χ1n) is 9.08. The number of imide groups is 1. The minimum atomic E-state index is -1.03. The molecule has 2 aromatic carbocycles. The minimum absolute atomic E-state index is 0.0276. The van der Waals surface area contributed by atoms with Crippen LogP contribution in [0.15, 0.2) is 53.3 Å². The van der Waals surface area contributed by atoms with Crippen LogP contribution in [0.3, 0.4) is 0 Å². The molecule has 1 aliphatic rings. The highest BCUT2D eigenvalue weighted by Gasteiger charge is 2.31. The van der Waals surface area contributed by atoms with Crippen LogP contribution in [0.1, 0.15) is 31.1 Å². The molecule has 1 aliphatic heterocycles. The number of pyridine rings is 1. The third-order valence-electron chi connectivity index (χ3n) is 5.08. The number of aromatic nitrogens is 3. The number of carbonyl (C=O) groups is 3. The molecule has 0 fully saturated rings. The van der Waals surface area contributed by atoms with E-state index in [1.54, 1.807) is 30.3 Å².